The number of nitrogens with zero attached hydrogens (tertiary/aromatic N) is 1. The smallest absolute Gasteiger partial charge is 0.131 e. The summed E-state index contributed by atoms with van der Waals surface area (Å²) >= 11 is 0. The Balaban J connectivity index is 2.24. The zero-order valence-corrected chi connectivity index (χ0v) is 11.7. The van der Waals surface area contributed by atoms with Crippen molar-refractivity contribution in [2.75, 3.05) is 7.11 Å². The van der Waals surface area contributed by atoms with Gasteiger partial charge in [0.25, 0.3) is 0 Å². The predicted molar refractivity (Wildman–Crippen MR) is 77.0 cm³/mol. The fourth-order valence-corrected chi connectivity index (χ4v) is 1.88. The highest BCUT2D eigenvalue weighted by atomic mass is 19.1. The lowest BCUT2D eigenvalue weighted by molar-refractivity contribution is 0.412. The van der Waals surface area contributed by atoms with Crippen LogP contribution in [0.2, 0.25) is 0 Å². The number of hydrogen-bond acceptors (Lipinski definition) is 3. The minimum absolute atomic E-state index is 0.0475. The zero-order chi connectivity index (χ0) is 15.4. The molecule has 0 aliphatic heterocycles. The number of rotatable bonds is 4. The number of ether oxygens (including phenoxy) is 1. The monoisotopic (exact) mass is 291 g/mol. The third-order valence-electron chi connectivity index (χ3n) is 3.08. The van der Waals surface area contributed by atoms with E-state index in [-0.39, 0.29) is 11.3 Å². The standard InChI is InChI=1S/C16H15F2NO2/c1-10(14-5-3-12(17)8-15(14)18)19-9-11-7-13(21-2)4-6-16(11)20/h3-10,20H,1-2H3/t10-/m0/s1. The van der Waals surface area contributed by atoms with Gasteiger partial charge in [0.15, 0.2) is 0 Å². The third-order valence-corrected chi connectivity index (χ3v) is 3.08. The Morgan fingerprint density at radius 3 is 2.62 bits per heavy atom. The first-order chi connectivity index (χ1) is 10.0. The molecule has 0 unspecified atom stereocenters. The third kappa shape index (κ3) is 3.56. The van der Waals surface area contributed by atoms with Crippen molar-refractivity contribution in [2.24, 2.45) is 4.99 Å². The number of methoxy groups -OCH3 is 1. The topological polar surface area (TPSA) is 41.8 Å². The second kappa shape index (κ2) is 6.35. The second-order valence-electron chi connectivity index (χ2n) is 4.54. The molecule has 0 heterocycles. The van der Waals surface area contributed by atoms with Crippen LogP contribution in [-0.4, -0.2) is 18.4 Å². The van der Waals surface area contributed by atoms with Crippen LogP contribution in [0.15, 0.2) is 41.4 Å². The van der Waals surface area contributed by atoms with Gasteiger partial charge in [-0.3, -0.25) is 4.99 Å². The molecule has 1 N–H and O–H groups in total. The van der Waals surface area contributed by atoms with Gasteiger partial charge in [0.2, 0.25) is 0 Å². The van der Waals surface area contributed by atoms with E-state index in [1.54, 1.807) is 19.1 Å². The fourth-order valence-electron chi connectivity index (χ4n) is 1.88. The first-order valence-electron chi connectivity index (χ1n) is 6.36. The number of aromatic hydroxyl groups is 1. The molecule has 0 saturated carbocycles. The van der Waals surface area contributed by atoms with Gasteiger partial charge in [-0.25, -0.2) is 8.78 Å². The minimum Gasteiger partial charge on any atom is -0.507 e. The van der Waals surface area contributed by atoms with Crippen LogP contribution in [0.25, 0.3) is 0 Å². The SMILES string of the molecule is COc1ccc(O)c(C=N[C@@H](C)c2ccc(F)cc2F)c1. The van der Waals surface area contributed by atoms with Crippen LogP contribution in [0.5, 0.6) is 11.5 Å². The summed E-state index contributed by atoms with van der Waals surface area (Å²) in [4.78, 5) is 4.19. The van der Waals surface area contributed by atoms with Crippen molar-refractivity contribution >= 4 is 6.21 Å². The Morgan fingerprint density at radius 2 is 1.95 bits per heavy atom. The summed E-state index contributed by atoms with van der Waals surface area (Å²) in [6.45, 7) is 1.68. The Kier molecular flexibility index (Phi) is 4.52. The Bertz CT molecular complexity index is 671. The molecule has 0 spiro atoms. The summed E-state index contributed by atoms with van der Waals surface area (Å²) in [6.07, 6.45) is 1.44. The molecule has 0 amide bonds. The van der Waals surface area contributed by atoms with E-state index in [1.807, 2.05) is 0 Å². The molecule has 5 heteroatoms. The minimum atomic E-state index is -0.644. The average Bonchev–Trinajstić information content (AvgIpc) is 2.46. The van der Waals surface area contributed by atoms with Gasteiger partial charge in [-0.2, -0.15) is 0 Å². The van der Waals surface area contributed by atoms with Crippen LogP contribution in [0.3, 0.4) is 0 Å². The lowest BCUT2D eigenvalue weighted by Crippen LogP contribution is -1.96. The van der Waals surface area contributed by atoms with Crippen molar-refractivity contribution in [1.29, 1.82) is 0 Å². The molecule has 2 aromatic carbocycles. The molecule has 21 heavy (non-hydrogen) atoms. The first kappa shape index (κ1) is 15.0. The average molecular weight is 291 g/mol. The highest BCUT2D eigenvalue weighted by molar-refractivity contribution is 5.84. The van der Waals surface area contributed by atoms with E-state index in [4.69, 9.17) is 4.74 Å². The van der Waals surface area contributed by atoms with Crippen molar-refractivity contribution in [2.45, 2.75) is 13.0 Å². The second-order valence-corrected chi connectivity index (χ2v) is 4.54. The van der Waals surface area contributed by atoms with Crippen LogP contribution < -0.4 is 4.74 Å². The molecule has 1 atom stereocenters. The molecule has 2 rings (SSSR count). The molecule has 2 aromatic rings. The van der Waals surface area contributed by atoms with E-state index in [0.29, 0.717) is 11.3 Å². The lowest BCUT2D eigenvalue weighted by atomic mass is 10.1. The maximum Gasteiger partial charge on any atom is 0.131 e. The summed E-state index contributed by atoms with van der Waals surface area (Å²) < 4.78 is 31.6. The summed E-state index contributed by atoms with van der Waals surface area (Å²) in [6, 6.07) is 7.60. The molecule has 0 aromatic heterocycles. The van der Waals surface area contributed by atoms with Gasteiger partial charge in [-0.05, 0) is 31.2 Å². The predicted octanol–water partition coefficient (Wildman–Crippen LogP) is 3.86. The number of halogens is 2. The van der Waals surface area contributed by atoms with Crippen molar-refractivity contribution in [1.82, 2.24) is 0 Å². The van der Waals surface area contributed by atoms with Crippen LogP contribution in [0.1, 0.15) is 24.1 Å². The molecular formula is C16H15F2NO2. The largest absolute Gasteiger partial charge is 0.507 e. The Morgan fingerprint density at radius 1 is 1.19 bits per heavy atom. The molecule has 0 aliphatic rings. The first-order valence-corrected chi connectivity index (χ1v) is 6.36. The fraction of sp³-hybridized carbons (Fsp3) is 0.188. The van der Waals surface area contributed by atoms with Gasteiger partial charge in [0, 0.05) is 23.4 Å². The van der Waals surface area contributed by atoms with Crippen molar-refractivity contribution in [3.63, 3.8) is 0 Å². The van der Waals surface area contributed by atoms with Crippen molar-refractivity contribution in [3.8, 4) is 11.5 Å². The molecule has 110 valence electrons. The maximum atomic E-state index is 13.6. The number of hydrogen-bond donors (Lipinski definition) is 1. The van der Waals surface area contributed by atoms with Crippen molar-refractivity contribution < 1.29 is 18.6 Å². The highest BCUT2D eigenvalue weighted by Gasteiger charge is 2.10. The molecule has 3 nitrogen and oxygen atoms in total. The van der Waals surface area contributed by atoms with E-state index < -0.39 is 17.7 Å². The van der Waals surface area contributed by atoms with Crippen LogP contribution >= 0.6 is 0 Å². The van der Waals surface area contributed by atoms with E-state index in [2.05, 4.69) is 4.99 Å². The van der Waals surface area contributed by atoms with Gasteiger partial charge in [0.05, 0.1) is 13.2 Å². The summed E-state index contributed by atoms with van der Waals surface area (Å²) in [5, 5.41) is 9.73. The molecule has 0 radical (unpaired) electrons. The summed E-state index contributed by atoms with van der Waals surface area (Å²) in [7, 11) is 1.52. The van der Waals surface area contributed by atoms with Gasteiger partial charge in [0.1, 0.15) is 23.1 Å². The highest BCUT2D eigenvalue weighted by Crippen LogP contribution is 2.24. The summed E-state index contributed by atoms with van der Waals surface area (Å²) in [5.74, 6) is -0.645. The molecule has 0 saturated heterocycles. The lowest BCUT2D eigenvalue weighted by Gasteiger charge is -2.08. The van der Waals surface area contributed by atoms with Crippen molar-refractivity contribution in [3.05, 3.63) is 59.2 Å². The molecule has 0 bridgehead atoms. The molecule has 0 fully saturated rings. The zero-order valence-electron chi connectivity index (χ0n) is 11.7. The quantitative estimate of drug-likeness (QED) is 0.869. The van der Waals surface area contributed by atoms with Crippen LogP contribution in [-0.2, 0) is 0 Å². The Labute approximate surface area is 121 Å². The molecular weight excluding hydrogens is 276 g/mol. The van der Waals surface area contributed by atoms with Crippen LogP contribution in [0.4, 0.5) is 8.78 Å². The van der Waals surface area contributed by atoms with Gasteiger partial charge >= 0.3 is 0 Å². The number of aliphatic imine (C=N–C) groups is 1. The van der Waals surface area contributed by atoms with Gasteiger partial charge in [-0.1, -0.05) is 6.07 Å². The Hall–Kier alpha value is -2.43. The van der Waals surface area contributed by atoms with E-state index >= 15 is 0 Å². The van der Waals surface area contributed by atoms with E-state index in [1.165, 1.54) is 31.5 Å². The van der Waals surface area contributed by atoms with Gasteiger partial charge < -0.3 is 9.84 Å². The van der Waals surface area contributed by atoms with Gasteiger partial charge in [-0.15, -0.1) is 0 Å². The maximum absolute atomic E-state index is 13.6. The molecule has 0 aliphatic carbocycles. The number of benzene rings is 2. The van der Waals surface area contributed by atoms with Crippen LogP contribution in [0, 0.1) is 11.6 Å². The van der Waals surface area contributed by atoms with E-state index in [9.17, 15) is 13.9 Å². The normalized spacial score (nSPS) is 12.6. The van der Waals surface area contributed by atoms with E-state index in [0.717, 1.165) is 6.07 Å². The summed E-state index contributed by atoms with van der Waals surface area (Å²) in [5.41, 5.74) is 0.749. The number of phenols is 1. The number of phenolic OH excluding ortho intramolecular Hbond substituents is 1.